The fourth-order valence-corrected chi connectivity index (χ4v) is 2.53. The van der Waals surface area contributed by atoms with Crippen molar-refractivity contribution in [2.75, 3.05) is 0 Å². The standard InChI is InChI=1S/C17H20N2O/c1-13(18-17(20)15-5-4-6-15)14-7-9-16(10-8-14)19-11-2-3-12-19/h2-3,7-13,15H,4-6H2,1H3,(H,18,20)/t13-/m1/s1. The molecule has 1 aromatic carbocycles. The minimum absolute atomic E-state index is 0.0711. The fraction of sp³-hybridized carbons (Fsp3) is 0.353. The van der Waals surface area contributed by atoms with Crippen LogP contribution in [-0.4, -0.2) is 10.5 Å². The molecule has 0 radical (unpaired) electrons. The molecule has 1 N–H and O–H groups in total. The highest BCUT2D eigenvalue weighted by Crippen LogP contribution is 2.27. The molecule has 3 heteroatoms. The van der Waals surface area contributed by atoms with Crippen molar-refractivity contribution in [1.29, 1.82) is 0 Å². The third-order valence-electron chi connectivity index (χ3n) is 4.13. The summed E-state index contributed by atoms with van der Waals surface area (Å²) in [5, 5.41) is 3.11. The van der Waals surface area contributed by atoms with E-state index in [1.54, 1.807) is 0 Å². The van der Waals surface area contributed by atoms with Gasteiger partial charge in [0.15, 0.2) is 0 Å². The molecule has 3 nitrogen and oxygen atoms in total. The second kappa shape index (κ2) is 5.53. The third kappa shape index (κ3) is 2.62. The molecule has 0 saturated heterocycles. The van der Waals surface area contributed by atoms with Gasteiger partial charge < -0.3 is 9.88 Å². The maximum absolute atomic E-state index is 11.9. The molecule has 0 spiro atoms. The van der Waals surface area contributed by atoms with E-state index in [-0.39, 0.29) is 17.9 Å². The molecule has 2 aromatic rings. The number of amides is 1. The summed E-state index contributed by atoms with van der Waals surface area (Å²) in [6.07, 6.45) is 7.34. The average Bonchev–Trinajstić information content (AvgIpc) is 2.90. The molecule has 104 valence electrons. The van der Waals surface area contributed by atoms with E-state index in [4.69, 9.17) is 0 Å². The van der Waals surface area contributed by atoms with Gasteiger partial charge in [-0.15, -0.1) is 0 Å². The number of carbonyl (C=O) groups excluding carboxylic acids is 1. The Labute approximate surface area is 119 Å². The van der Waals surface area contributed by atoms with Gasteiger partial charge in [0.1, 0.15) is 0 Å². The van der Waals surface area contributed by atoms with Crippen molar-refractivity contribution in [3.8, 4) is 5.69 Å². The summed E-state index contributed by atoms with van der Waals surface area (Å²) in [6.45, 7) is 2.04. The normalized spacial score (nSPS) is 16.4. The molecule has 1 aliphatic rings. The van der Waals surface area contributed by atoms with Crippen LogP contribution in [0.1, 0.15) is 37.8 Å². The minimum Gasteiger partial charge on any atom is -0.349 e. The molecule has 0 unspecified atom stereocenters. The zero-order chi connectivity index (χ0) is 13.9. The smallest absolute Gasteiger partial charge is 0.223 e. The van der Waals surface area contributed by atoms with Gasteiger partial charge in [0, 0.05) is 24.0 Å². The number of nitrogens with zero attached hydrogens (tertiary/aromatic N) is 1. The molecule has 1 atom stereocenters. The third-order valence-corrected chi connectivity index (χ3v) is 4.13. The first kappa shape index (κ1) is 13.0. The van der Waals surface area contributed by atoms with Gasteiger partial charge in [-0.2, -0.15) is 0 Å². The van der Waals surface area contributed by atoms with Crippen molar-refractivity contribution >= 4 is 5.91 Å². The first-order chi connectivity index (χ1) is 9.74. The lowest BCUT2D eigenvalue weighted by Crippen LogP contribution is -2.35. The molecule has 1 aliphatic carbocycles. The number of hydrogen-bond donors (Lipinski definition) is 1. The van der Waals surface area contributed by atoms with Crippen LogP contribution >= 0.6 is 0 Å². The summed E-state index contributed by atoms with van der Waals surface area (Å²) in [5.74, 6) is 0.454. The summed E-state index contributed by atoms with van der Waals surface area (Å²) in [5.41, 5.74) is 2.28. The van der Waals surface area contributed by atoms with Crippen LogP contribution in [0.4, 0.5) is 0 Å². The summed E-state index contributed by atoms with van der Waals surface area (Å²) < 4.78 is 2.07. The van der Waals surface area contributed by atoms with Crippen LogP contribution in [0.5, 0.6) is 0 Å². The van der Waals surface area contributed by atoms with Crippen LogP contribution in [0.3, 0.4) is 0 Å². The molecule has 1 fully saturated rings. The Morgan fingerprint density at radius 1 is 1.20 bits per heavy atom. The Morgan fingerprint density at radius 2 is 1.85 bits per heavy atom. The first-order valence-corrected chi connectivity index (χ1v) is 7.28. The molecule has 1 heterocycles. The van der Waals surface area contributed by atoms with Crippen molar-refractivity contribution in [3.05, 3.63) is 54.4 Å². The van der Waals surface area contributed by atoms with Crippen molar-refractivity contribution in [2.24, 2.45) is 5.92 Å². The maximum Gasteiger partial charge on any atom is 0.223 e. The van der Waals surface area contributed by atoms with Gasteiger partial charge in [-0.1, -0.05) is 18.6 Å². The Bertz CT molecular complexity index is 568. The van der Waals surface area contributed by atoms with Gasteiger partial charge in [0.05, 0.1) is 6.04 Å². The Kier molecular flexibility index (Phi) is 3.59. The van der Waals surface area contributed by atoms with Gasteiger partial charge in [-0.3, -0.25) is 4.79 Å². The number of rotatable bonds is 4. The number of hydrogen-bond acceptors (Lipinski definition) is 1. The van der Waals surface area contributed by atoms with Crippen molar-refractivity contribution < 1.29 is 4.79 Å². The van der Waals surface area contributed by atoms with Crippen molar-refractivity contribution in [3.63, 3.8) is 0 Å². The highest BCUT2D eigenvalue weighted by molar-refractivity contribution is 5.79. The summed E-state index contributed by atoms with van der Waals surface area (Å²) in [7, 11) is 0. The summed E-state index contributed by atoms with van der Waals surface area (Å²) in [4.78, 5) is 11.9. The van der Waals surface area contributed by atoms with Gasteiger partial charge >= 0.3 is 0 Å². The van der Waals surface area contributed by atoms with Gasteiger partial charge in [0.2, 0.25) is 5.91 Å². The van der Waals surface area contributed by atoms with Gasteiger partial charge in [-0.05, 0) is 49.6 Å². The van der Waals surface area contributed by atoms with Crippen molar-refractivity contribution in [1.82, 2.24) is 9.88 Å². The molecule has 0 bridgehead atoms. The molecular formula is C17H20N2O. The Balaban J connectivity index is 1.66. The molecule has 0 aliphatic heterocycles. The second-order valence-corrected chi connectivity index (χ2v) is 5.54. The zero-order valence-corrected chi connectivity index (χ0v) is 11.8. The lowest BCUT2D eigenvalue weighted by atomic mass is 9.84. The average molecular weight is 268 g/mol. The predicted octanol–water partition coefficient (Wildman–Crippen LogP) is 3.45. The van der Waals surface area contributed by atoms with E-state index in [0.29, 0.717) is 0 Å². The number of carbonyl (C=O) groups is 1. The van der Waals surface area contributed by atoms with Gasteiger partial charge in [0.25, 0.3) is 0 Å². The van der Waals surface area contributed by atoms with Crippen LogP contribution < -0.4 is 5.32 Å². The first-order valence-electron chi connectivity index (χ1n) is 7.28. The van der Waals surface area contributed by atoms with Crippen LogP contribution in [-0.2, 0) is 4.79 Å². The number of nitrogens with one attached hydrogen (secondary N) is 1. The topological polar surface area (TPSA) is 34.0 Å². The lowest BCUT2D eigenvalue weighted by Gasteiger charge is -2.26. The van der Waals surface area contributed by atoms with Crippen LogP contribution in [0.15, 0.2) is 48.8 Å². The largest absolute Gasteiger partial charge is 0.349 e. The van der Waals surface area contributed by atoms with E-state index in [1.807, 2.05) is 31.5 Å². The van der Waals surface area contributed by atoms with E-state index in [9.17, 15) is 4.79 Å². The van der Waals surface area contributed by atoms with E-state index in [1.165, 1.54) is 6.42 Å². The molecule has 1 amide bonds. The van der Waals surface area contributed by atoms with Gasteiger partial charge in [-0.25, -0.2) is 0 Å². The highest BCUT2D eigenvalue weighted by atomic mass is 16.1. The van der Waals surface area contributed by atoms with Crippen LogP contribution in [0, 0.1) is 5.92 Å². The molecule has 1 aromatic heterocycles. The maximum atomic E-state index is 11.9. The number of benzene rings is 1. The number of aromatic nitrogens is 1. The summed E-state index contributed by atoms with van der Waals surface area (Å²) in [6, 6.07) is 12.4. The quantitative estimate of drug-likeness (QED) is 0.905. The molecule has 3 rings (SSSR count). The minimum atomic E-state index is 0.0711. The van der Waals surface area contributed by atoms with Crippen molar-refractivity contribution in [2.45, 2.75) is 32.2 Å². The molecule has 1 saturated carbocycles. The van der Waals surface area contributed by atoms with E-state index in [0.717, 1.165) is 24.1 Å². The Hall–Kier alpha value is -2.03. The van der Waals surface area contributed by atoms with E-state index in [2.05, 4.69) is 34.1 Å². The summed E-state index contributed by atoms with van der Waals surface area (Å²) >= 11 is 0. The monoisotopic (exact) mass is 268 g/mol. The second-order valence-electron chi connectivity index (χ2n) is 5.54. The molecular weight excluding hydrogens is 248 g/mol. The van der Waals surface area contributed by atoms with E-state index >= 15 is 0 Å². The fourth-order valence-electron chi connectivity index (χ4n) is 2.53. The predicted molar refractivity (Wildman–Crippen MR) is 79.7 cm³/mol. The SMILES string of the molecule is C[C@@H](NC(=O)C1CCC1)c1ccc(-n2cccc2)cc1. The van der Waals surface area contributed by atoms with Crippen LogP contribution in [0.2, 0.25) is 0 Å². The zero-order valence-electron chi connectivity index (χ0n) is 11.8. The van der Waals surface area contributed by atoms with Crippen LogP contribution in [0.25, 0.3) is 5.69 Å². The molecule has 20 heavy (non-hydrogen) atoms. The Morgan fingerprint density at radius 3 is 2.40 bits per heavy atom. The van der Waals surface area contributed by atoms with E-state index < -0.39 is 0 Å². The lowest BCUT2D eigenvalue weighted by molar-refractivity contribution is -0.128. The highest BCUT2D eigenvalue weighted by Gasteiger charge is 2.26.